The monoisotopic (exact) mass is 280 g/mol. The summed E-state index contributed by atoms with van der Waals surface area (Å²) in [5, 5.41) is 0. The first-order valence-corrected chi connectivity index (χ1v) is 6.72. The quantitative estimate of drug-likeness (QED) is 0.730. The van der Waals surface area contributed by atoms with Crippen molar-refractivity contribution in [3.63, 3.8) is 0 Å². The molecule has 3 rings (SSSR count). The lowest BCUT2D eigenvalue weighted by molar-refractivity contribution is 0.299. The smallest absolute Gasteiger partial charge is 0.119 e. The Kier molecular flexibility index (Phi) is 3.82. The van der Waals surface area contributed by atoms with E-state index in [1.807, 2.05) is 48.9 Å². The van der Waals surface area contributed by atoms with Gasteiger partial charge in [-0.3, -0.25) is 4.98 Å². The summed E-state index contributed by atoms with van der Waals surface area (Å²) in [5.74, 6) is 0.815. The zero-order valence-corrected chi connectivity index (χ0v) is 11.5. The number of pyridine rings is 1. The maximum Gasteiger partial charge on any atom is 0.119 e. The molecule has 0 amide bonds. The molecule has 0 aliphatic rings. The van der Waals surface area contributed by atoms with Crippen LogP contribution in [0.4, 0.5) is 5.69 Å². The Morgan fingerprint density at radius 1 is 1.00 bits per heavy atom. The molecule has 0 spiro atoms. The van der Waals surface area contributed by atoms with Crippen molar-refractivity contribution in [3.8, 4) is 17.0 Å². The number of benzene rings is 1. The van der Waals surface area contributed by atoms with Crippen LogP contribution in [0.25, 0.3) is 11.3 Å². The van der Waals surface area contributed by atoms with Crippen LogP contribution < -0.4 is 10.5 Å². The summed E-state index contributed by atoms with van der Waals surface area (Å²) >= 11 is 0. The lowest BCUT2D eigenvalue weighted by atomic mass is 10.2. The molecule has 0 radical (unpaired) electrons. The zero-order valence-electron chi connectivity index (χ0n) is 11.5. The summed E-state index contributed by atoms with van der Waals surface area (Å²) in [7, 11) is 0. The summed E-state index contributed by atoms with van der Waals surface area (Å²) in [6.45, 7) is 1.29. The average Bonchev–Trinajstić information content (AvgIpc) is 2.99. The summed E-state index contributed by atoms with van der Waals surface area (Å²) in [6, 6.07) is 11.3. The summed E-state index contributed by atoms with van der Waals surface area (Å²) < 4.78 is 7.77. The van der Waals surface area contributed by atoms with E-state index in [9.17, 15) is 0 Å². The number of aromatic nitrogens is 3. The number of ether oxygens (including phenoxy) is 1. The van der Waals surface area contributed by atoms with Crippen molar-refractivity contribution in [1.29, 1.82) is 0 Å². The highest BCUT2D eigenvalue weighted by Gasteiger charge is 2.04. The maximum absolute atomic E-state index is 5.71. The Morgan fingerprint density at radius 2 is 1.76 bits per heavy atom. The van der Waals surface area contributed by atoms with Gasteiger partial charge in [0.15, 0.2) is 0 Å². The molecule has 1 aromatic carbocycles. The van der Waals surface area contributed by atoms with Crippen LogP contribution in [0.3, 0.4) is 0 Å². The van der Waals surface area contributed by atoms with E-state index in [-0.39, 0.29) is 0 Å². The number of anilines is 1. The first-order valence-electron chi connectivity index (χ1n) is 6.72. The van der Waals surface area contributed by atoms with Crippen LogP contribution in [-0.4, -0.2) is 21.1 Å². The van der Waals surface area contributed by atoms with Crippen LogP contribution in [0.1, 0.15) is 0 Å². The average molecular weight is 280 g/mol. The van der Waals surface area contributed by atoms with Gasteiger partial charge in [0.05, 0.1) is 24.8 Å². The van der Waals surface area contributed by atoms with Gasteiger partial charge >= 0.3 is 0 Å². The minimum atomic E-state index is 0.568. The zero-order chi connectivity index (χ0) is 14.5. The molecule has 106 valence electrons. The lowest BCUT2D eigenvalue weighted by Crippen LogP contribution is -2.08. The number of rotatable bonds is 5. The van der Waals surface area contributed by atoms with Gasteiger partial charge in [-0.1, -0.05) is 0 Å². The molecule has 0 unspecified atom stereocenters. The van der Waals surface area contributed by atoms with Gasteiger partial charge in [-0.25, -0.2) is 4.98 Å². The van der Waals surface area contributed by atoms with Crippen LogP contribution in [0.15, 0.2) is 61.3 Å². The molecule has 0 saturated heterocycles. The van der Waals surface area contributed by atoms with Crippen molar-refractivity contribution >= 4 is 5.69 Å². The van der Waals surface area contributed by atoms with E-state index >= 15 is 0 Å². The number of hydrogen-bond acceptors (Lipinski definition) is 4. The van der Waals surface area contributed by atoms with Crippen molar-refractivity contribution in [2.24, 2.45) is 0 Å². The van der Waals surface area contributed by atoms with Crippen molar-refractivity contribution < 1.29 is 4.74 Å². The van der Waals surface area contributed by atoms with Crippen molar-refractivity contribution in [2.75, 3.05) is 12.3 Å². The third-order valence-electron chi connectivity index (χ3n) is 3.17. The second-order valence-electron chi connectivity index (χ2n) is 4.63. The van der Waals surface area contributed by atoms with Gasteiger partial charge in [-0.2, -0.15) is 0 Å². The van der Waals surface area contributed by atoms with Crippen LogP contribution in [0.5, 0.6) is 5.75 Å². The Labute approximate surface area is 123 Å². The minimum absolute atomic E-state index is 0.568. The molecular weight excluding hydrogens is 264 g/mol. The molecule has 5 heteroatoms. The first-order chi connectivity index (χ1) is 10.3. The third kappa shape index (κ3) is 3.20. The van der Waals surface area contributed by atoms with E-state index in [0.29, 0.717) is 6.61 Å². The topological polar surface area (TPSA) is 66.0 Å². The van der Waals surface area contributed by atoms with E-state index in [1.165, 1.54) is 0 Å². The van der Waals surface area contributed by atoms with Gasteiger partial charge in [-0.15, -0.1) is 0 Å². The Bertz CT molecular complexity index is 692. The van der Waals surface area contributed by atoms with Gasteiger partial charge in [0, 0.05) is 23.6 Å². The molecule has 0 atom stereocenters. The molecule has 3 aromatic rings. The van der Waals surface area contributed by atoms with E-state index in [1.54, 1.807) is 12.4 Å². The van der Waals surface area contributed by atoms with Gasteiger partial charge in [0.25, 0.3) is 0 Å². The van der Waals surface area contributed by atoms with E-state index < -0.39 is 0 Å². The van der Waals surface area contributed by atoms with Crippen molar-refractivity contribution in [2.45, 2.75) is 6.54 Å². The highest BCUT2D eigenvalue weighted by molar-refractivity contribution is 5.57. The second kappa shape index (κ2) is 6.09. The normalized spacial score (nSPS) is 10.5. The minimum Gasteiger partial charge on any atom is -0.492 e. The summed E-state index contributed by atoms with van der Waals surface area (Å²) in [6.07, 6.45) is 7.20. The van der Waals surface area contributed by atoms with Crippen molar-refractivity contribution in [3.05, 3.63) is 61.3 Å². The van der Waals surface area contributed by atoms with Gasteiger partial charge in [0.1, 0.15) is 12.4 Å². The standard InChI is InChI=1S/C16H16N4O/c17-14-1-3-15(4-2-14)21-10-9-20-12-19-11-16(20)13-5-7-18-8-6-13/h1-8,11-12H,9-10,17H2. The molecule has 0 fully saturated rings. The Hall–Kier alpha value is -2.82. The predicted molar refractivity (Wildman–Crippen MR) is 81.8 cm³/mol. The lowest BCUT2D eigenvalue weighted by Gasteiger charge is -2.10. The highest BCUT2D eigenvalue weighted by atomic mass is 16.5. The highest BCUT2D eigenvalue weighted by Crippen LogP contribution is 2.18. The number of imidazole rings is 1. The summed E-state index contributed by atoms with van der Waals surface area (Å²) in [4.78, 5) is 8.24. The van der Waals surface area contributed by atoms with E-state index in [4.69, 9.17) is 10.5 Å². The van der Waals surface area contributed by atoms with Crippen LogP contribution in [-0.2, 0) is 6.54 Å². The summed E-state index contributed by atoms with van der Waals surface area (Å²) in [5.41, 5.74) is 8.52. The first kappa shape index (κ1) is 13.2. The molecule has 0 saturated carbocycles. The molecule has 2 aromatic heterocycles. The largest absolute Gasteiger partial charge is 0.492 e. The van der Waals surface area contributed by atoms with Gasteiger partial charge < -0.3 is 15.0 Å². The number of hydrogen-bond donors (Lipinski definition) is 1. The molecule has 21 heavy (non-hydrogen) atoms. The van der Waals surface area contributed by atoms with E-state index in [0.717, 1.165) is 29.2 Å². The number of nitrogens with zero attached hydrogens (tertiary/aromatic N) is 3. The SMILES string of the molecule is Nc1ccc(OCCn2cncc2-c2ccncc2)cc1. The second-order valence-corrected chi connectivity index (χ2v) is 4.63. The number of nitrogen functional groups attached to an aromatic ring is 1. The third-order valence-corrected chi connectivity index (χ3v) is 3.17. The van der Waals surface area contributed by atoms with Crippen molar-refractivity contribution in [1.82, 2.24) is 14.5 Å². The molecule has 5 nitrogen and oxygen atoms in total. The molecule has 2 heterocycles. The van der Waals surface area contributed by atoms with Crippen LogP contribution in [0, 0.1) is 0 Å². The van der Waals surface area contributed by atoms with Gasteiger partial charge in [-0.05, 0) is 36.4 Å². The van der Waals surface area contributed by atoms with E-state index in [2.05, 4.69) is 14.5 Å². The fourth-order valence-electron chi connectivity index (χ4n) is 2.09. The Balaban J connectivity index is 1.64. The van der Waals surface area contributed by atoms with Crippen LogP contribution >= 0.6 is 0 Å². The molecular formula is C16H16N4O. The number of nitrogens with two attached hydrogens (primary N) is 1. The molecule has 2 N–H and O–H groups in total. The molecule has 0 aliphatic heterocycles. The van der Waals surface area contributed by atoms with Crippen LogP contribution in [0.2, 0.25) is 0 Å². The predicted octanol–water partition coefficient (Wildman–Crippen LogP) is 2.61. The maximum atomic E-state index is 5.71. The molecule has 0 bridgehead atoms. The Morgan fingerprint density at radius 3 is 2.52 bits per heavy atom. The fourth-order valence-corrected chi connectivity index (χ4v) is 2.09. The molecule has 0 aliphatic carbocycles. The fraction of sp³-hybridized carbons (Fsp3) is 0.125. The van der Waals surface area contributed by atoms with Gasteiger partial charge in [0.2, 0.25) is 0 Å².